The highest BCUT2D eigenvalue weighted by Crippen LogP contribution is 2.06. The largest absolute Gasteiger partial charge is 0.354 e. The summed E-state index contributed by atoms with van der Waals surface area (Å²) in [4.78, 5) is 15.5. The molecule has 1 atom stereocenters. The molecule has 0 radical (unpaired) electrons. The van der Waals surface area contributed by atoms with Gasteiger partial charge in [-0.3, -0.25) is 4.79 Å². The second-order valence-electron chi connectivity index (χ2n) is 3.78. The molecular weight excluding hydrogens is 192 g/mol. The van der Waals surface area contributed by atoms with Crippen molar-refractivity contribution in [2.24, 2.45) is 5.92 Å². The van der Waals surface area contributed by atoms with E-state index in [1.165, 1.54) is 0 Å². The number of nitrogens with one attached hydrogen (secondary N) is 2. The molecule has 1 amide bonds. The molecular formula is C10H16N4O. The topological polar surface area (TPSA) is 59.0 Å². The highest BCUT2D eigenvalue weighted by Gasteiger charge is 2.21. The minimum absolute atomic E-state index is 0.160. The summed E-state index contributed by atoms with van der Waals surface area (Å²) in [5.74, 6) is 0.327. The third-order valence-electron chi connectivity index (χ3n) is 2.66. The Morgan fingerprint density at radius 3 is 3.27 bits per heavy atom. The van der Waals surface area contributed by atoms with Crippen molar-refractivity contribution in [2.45, 2.75) is 13.0 Å². The van der Waals surface area contributed by atoms with Gasteiger partial charge in [0.15, 0.2) is 0 Å². The van der Waals surface area contributed by atoms with Gasteiger partial charge in [-0.05, 0) is 13.0 Å². The van der Waals surface area contributed by atoms with Gasteiger partial charge in [-0.1, -0.05) is 0 Å². The molecule has 0 aromatic carbocycles. The first-order valence-corrected chi connectivity index (χ1v) is 5.30. The summed E-state index contributed by atoms with van der Waals surface area (Å²) in [6.45, 7) is 3.23. The van der Waals surface area contributed by atoms with E-state index in [4.69, 9.17) is 0 Å². The van der Waals surface area contributed by atoms with E-state index in [-0.39, 0.29) is 11.8 Å². The highest BCUT2D eigenvalue weighted by atomic mass is 16.1. The van der Waals surface area contributed by atoms with Crippen LogP contribution in [0.2, 0.25) is 0 Å². The number of carbonyl (C=O) groups excluding carboxylic acids is 1. The first-order valence-electron chi connectivity index (χ1n) is 5.30. The van der Waals surface area contributed by atoms with Crippen molar-refractivity contribution in [1.29, 1.82) is 0 Å². The molecule has 1 saturated heterocycles. The number of nitrogens with zero attached hydrogens (tertiary/aromatic N) is 2. The normalized spacial score (nSPS) is 20.4. The number of amides is 1. The van der Waals surface area contributed by atoms with Gasteiger partial charge >= 0.3 is 0 Å². The third-order valence-corrected chi connectivity index (χ3v) is 2.66. The Balaban J connectivity index is 1.67. The smallest absolute Gasteiger partial charge is 0.224 e. The zero-order valence-corrected chi connectivity index (χ0v) is 8.65. The van der Waals surface area contributed by atoms with Crippen LogP contribution in [0.4, 0.5) is 0 Å². The Morgan fingerprint density at radius 1 is 1.67 bits per heavy atom. The monoisotopic (exact) mass is 208 g/mol. The molecule has 2 heterocycles. The molecule has 2 N–H and O–H groups in total. The van der Waals surface area contributed by atoms with Crippen LogP contribution in [0.25, 0.3) is 0 Å². The molecule has 1 aliphatic heterocycles. The van der Waals surface area contributed by atoms with Gasteiger partial charge in [-0.25, -0.2) is 4.98 Å². The summed E-state index contributed by atoms with van der Waals surface area (Å²) in [6, 6.07) is 0. The predicted molar refractivity (Wildman–Crippen MR) is 56.2 cm³/mol. The van der Waals surface area contributed by atoms with Gasteiger partial charge in [0.25, 0.3) is 0 Å². The number of rotatable bonds is 4. The van der Waals surface area contributed by atoms with Crippen LogP contribution in [0.15, 0.2) is 18.7 Å². The van der Waals surface area contributed by atoms with E-state index < -0.39 is 0 Å². The lowest BCUT2D eigenvalue weighted by Crippen LogP contribution is -2.33. The zero-order valence-electron chi connectivity index (χ0n) is 8.65. The van der Waals surface area contributed by atoms with Crippen LogP contribution in [0, 0.1) is 5.92 Å². The molecule has 1 aliphatic rings. The molecule has 1 aromatic rings. The lowest BCUT2D eigenvalue weighted by atomic mass is 10.1. The van der Waals surface area contributed by atoms with Crippen LogP contribution < -0.4 is 10.6 Å². The Labute approximate surface area is 88.9 Å². The second kappa shape index (κ2) is 4.93. The number of hydrogen-bond acceptors (Lipinski definition) is 3. The van der Waals surface area contributed by atoms with Crippen molar-refractivity contribution in [3.63, 3.8) is 0 Å². The van der Waals surface area contributed by atoms with Crippen molar-refractivity contribution in [1.82, 2.24) is 20.2 Å². The summed E-state index contributed by atoms with van der Waals surface area (Å²) >= 11 is 0. The number of aromatic nitrogens is 2. The van der Waals surface area contributed by atoms with Crippen LogP contribution in [-0.2, 0) is 11.3 Å². The molecule has 0 spiro atoms. The zero-order chi connectivity index (χ0) is 10.5. The standard InChI is InChI=1S/C10H16N4O/c15-10(9-1-2-11-7-9)13-4-6-14-5-3-12-8-14/h3,5,8-9,11H,1-2,4,6-7H2,(H,13,15)/t9-/m1/s1. The van der Waals surface area contributed by atoms with E-state index in [1.54, 1.807) is 12.5 Å². The van der Waals surface area contributed by atoms with Crippen molar-refractivity contribution >= 4 is 5.91 Å². The van der Waals surface area contributed by atoms with Crippen molar-refractivity contribution in [3.05, 3.63) is 18.7 Å². The Bertz CT molecular complexity index is 303. The van der Waals surface area contributed by atoms with E-state index in [0.29, 0.717) is 6.54 Å². The molecule has 1 fully saturated rings. The van der Waals surface area contributed by atoms with Crippen LogP contribution in [0.3, 0.4) is 0 Å². The van der Waals surface area contributed by atoms with Crippen molar-refractivity contribution < 1.29 is 4.79 Å². The van der Waals surface area contributed by atoms with Gasteiger partial charge in [-0.2, -0.15) is 0 Å². The quantitative estimate of drug-likeness (QED) is 0.708. The number of carbonyl (C=O) groups is 1. The fourth-order valence-electron chi connectivity index (χ4n) is 1.75. The molecule has 5 nitrogen and oxygen atoms in total. The number of imidazole rings is 1. The molecule has 5 heteroatoms. The second-order valence-corrected chi connectivity index (χ2v) is 3.78. The summed E-state index contributed by atoms with van der Waals surface area (Å²) < 4.78 is 1.95. The van der Waals surface area contributed by atoms with Crippen LogP contribution in [0.5, 0.6) is 0 Å². The van der Waals surface area contributed by atoms with Gasteiger partial charge in [0.1, 0.15) is 0 Å². The summed E-state index contributed by atoms with van der Waals surface area (Å²) in [5, 5.41) is 6.12. The van der Waals surface area contributed by atoms with Crippen molar-refractivity contribution in [3.8, 4) is 0 Å². The van der Waals surface area contributed by atoms with Gasteiger partial charge < -0.3 is 15.2 Å². The van der Waals surface area contributed by atoms with E-state index in [2.05, 4.69) is 15.6 Å². The van der Waals surface area contributed by atoms with Gasteiger partial charge in [-0.15, -0.1) is 0 Å². The minimum atomic E-state index is 0.160. The van der Waals surface area contributed by atoms with E-state index in [1.807, 2.05) is 10.8 Å². The van der Waals surface area contributed by atoms with Gasteiger partial charge in [0.2, 0.25) is 5.91 Å². The van der Waals surface area contributed by atoms with E-state index in [9.17, 15) is 4.79 Å². The molecule has 1 aromatic heterocycles. The maximum Gasteiger partial charge on any atom is 0.224 e. The van der Waals surface area contributed by atoms with Crippen molar-refractivity contribution in [2.75, 3.05) is 19.6 Å². The SMILES string of the molecule is O=C(NCCn1ccnc1)[C@@H]1CCNC1. The summed E-state index contributed by atoms with van der Waals surface area (Å²) in [7, 11) is 0. The fourth-order valence-corrected chi connectivity index (χ4v) is 1.75. The summed E-state index contributed by atoms with van der Waals surface area (Å²) in [6.07, 6.45) is 6.34. The third kappa shape index (κ3) is 2.79. The maximum atomic E-state index is 11.6. The van der Waals surface area contributed by atoms with Crippen LogP contribution in [-0.4, -0.2) is 35.1 Å². The highest BCUT2D eigenvalue weighted by molar-refractivity contribution is 5.79. The Hall–Kier alpha value is -1.36. The molecule has 15 heavy (non-hydrogen) atoms. The number of hydrogen-bond donors (Lipinski definition) is 2. The fraction of sp³-hybridized carbons (Fsp3) is 0.600. The molecule has 0 saturated carbocycles. The summed E-state index contributed by atoms with van der Waals surface area (Å²) in [5.41, 5.74) is 0. The molecule has 0 bridgehead atoms. The van der Waals surface area contributed by atoms with Crippen LogP contribution in [0.1, 0.15) is 6.42 Å². The Morgan fingerprint density at radius 2 is 2.60 bits per heavy atom. The molecule has 82 valence electrons. The first-order chi connectivity index (χ1) is 7.36. The lowest BCUT2D eigenvalue weighted by Gasteiger charge is -2.09. The Kier molecular flexibility index (Phi) is 3.34. The average Bonchev–Trinajstić information content (AvgIpc) is 2.90. The molecule has 0 aliphatic carbocycles. The van der Waals surface area contributed by atoms with E-state index in [0.717, 1.165) is 26.1 Å². The lowest BCUT2D eigenvalue weighted by molar-refractivity contribution is -0.124. The van der Waals surface area contributed by atoms with Gasteiger partial charge in [0.05, 0.1) is 12.2 Å². The van der Waals surface area contributed by atoms with Crippen LogP contribution >= 0.6 is 0 Å². The minimum Gasteiger partial charge on any atom is -0.354 e. The van der Waals surface area contributed by atoms with E-state index >= 15 is 0 Å². The molecule has 0 unspecified atom stereocenters. The predicted octanol–water partition coefficient (Wildman–Crippen LogP) is -0.391. The van der Waals surface area contributed by atoms with Gasteiger partial charge in [0, 0.05) is 32.0 Å². The maximum absolute atomic E-state index is 11.6. The molecule has 2 rings (SSSR count). The average molecular weight is 208 g/mol. The first kappa shape index (κ1) is 10.2.